The van der Waals surface area contributed by atoms with E-state index in [1.54, 1.807) is 12.1 Å². The highest BCUT2D eigenvalue weighted by Crippen LogP contribution is 2.60. The van der Waals surface area contributed by atoms with Crippen molar-refractivity contribution in [3.63, 3.8) is 0 Å². The number of rotatable bonds is 3. The molecule has 1 unspecified atom stereocenters. The Balaban J connectivity index is 0.000000440. The van der Waals surface area contributed by atoms with Gasteiger partial charge in [-0.05, 0) is 30.3 Å². The summed E-state index contributed by atoms with van der Waals surface area (Å²) >= 11 is 0. The first-order chi connectivity index (χ1) is 15.3. The van der Waals surface area contributed by atoms with Crippen LogP contribution in [0.2, 0.25) is 0 Å². The highest BCUT2D eigenvalue weighted by Gasteiger charge is 2.86. The zero-order valence-corrected chi connectivity index (χ0v) is 17.9. The minimum atomic E-state index is -6.09. The van der Waals surface area contributed by atoms with Crippen molar-refractivity contribution in [1.29, 1.82) is 0 Å². The van der Waals surface area contributed by atoms with Crippen LogP contribution in [0.15, 0.2) is 82.6 Å². The van der Waals surface area contributed by atoms with Gasteiger partial charge in [-0.2, -0.15) is 43.9 Å². The molecule has 1 atom stereocenters. The normalized spacial score (nSPS) is 23.2. The molecule has 2 aromatic rings. The van der Waals surface area contributed by atoms with Crippen LogP contribution in [0.1, 0.15) is 0 Å². The molecule has 0 fully saturated rings. The minimum Gasteiger partial charge on any atom is -0.741 e. The smallest absolute Gasteiger partial charge is 0.485 e. The van der Waals surface area contributed by atoms with E-state index in [9.17, 15) is 39.5 Å². The molecule has 0 heterocycles. The molecule has 0 bridgehead atoms. The summed E-state index contributed by atoms with van der Waals surface area (Å²) in [4.78, 5) is -0.0157. The summed E-state index contributed by atoms with van der Waals surface area (Å²) in [6.45, 7) is 0. The van der Waals surface area contributed by atoms with Crippen molar-refractivity contribution in [2.75, 3.05) is 0 Å². The molecule has 2 aromatic carbocycles. The van der Waals surface area contributed by atoms with E-state index in [0.717, 1.165) is 0 Å². The van der Waals surface area contributed by atoms with Crippen LogP contribution < -0.4 is 0 Å². The lowest BCUT2D eigenvalue weighted by Gasteiger charge is -2.40. The average Bonchev–Trinajstić information content (AvgIpc) is 2.72. The Morgan fingerprint density at radius 2 is 1.03 bits per heavy atom. The molecule has 15 heteroatoms. The zero-order valence-electron chi connectivity index (χ0n) is 16.2. The third-order valence-electron chi connectivity index (χ3n) is 4.29. The predicted octanol–water partition coefficient (Wildman–Crippen LogP) is 5.92. The Bertz CT molecular complexity index is 1080. The topological polar surface area (TPSA) is 57.2 Å². The molecular weight excluding hydrogens is 530 g/mol. The highest BCUT2D eigenvalue weighted by molar-refractivity contribution is 7.98. The van der Waals surface area contributed by atoms with Crippen molar-refractivity contribution < 1.29 is 56.9 Å². The van der Waals surface area contributed by atoms with Crippen molar-refractivity contribution in [3.05, 3.63) is 72.8 Å². The van der Waals surface area contributed by atoms with Crippen molar-refractivity contribution in [3.8, 4) is 0 Å². The number of benzene rings is 2. The molecule has 0 saturated carbocycles. The van der Waals surface area contributed by atoms with Crippen molar-refractivity contribution in [1.82, 2.24) is 0 Å². The van der Waals surface area contributed by atoms with Gasteiger partial charge in [0.15, 0.2) is 19.9 Å². The van der Waals surface area contributed by atoms with Crippen molar-refractivity contribution >= 4 is 21.0 Å². The molecule has 0 amide bonds. The van der Waals surface area contributed by atoms with Gasteiger partial charge < -0.3 is 4.55 Å². The van der Waals surface area contributed by atoms with Gasteiger partial charge in [0.05, 0.1) is 0 Å². The highest BCUT2D eigenvalue weighted by atomic mass is 32.2. The van der Waals surface area contributed by atoms with Crippen LogP contribution in [0.25, 0.3) is 0 Å². The molecule has 0 aliphatic heterocycles. The zero-order chi connectivity index (χ0) is 26.2. The summed E-state index contributed by atoms with van der Waals surface area (Å²) in [6.07, 6.45) is -0.580. The van der Waals surface area contributed by atoms with E-state index in [-0.39, 0.29) is 15.9 Å². The maximum atomic E-state index is 15.6. The van der Waals surface area contributed by atoms with Gasteiger partial charge in [-0.1, -0.05) is 36.4 Å². The van der Waals surface area contributed by atoms with Gasteiger partial charge in [-0.3, -0.25) is 0 Å². The van der Waals surface area contributed by atoms with Crippen LogP contribution in [0.3, 0.4) is 0 Å². The first-order valence-electron chi connectivity index (χ1n) is 8.69. The number of halogens is 10. The van der Waals surface area contributed by atoms with Crippen LogP contribution in [-0.4, -0.2) is 41.2 Å². The third kappa shape index (κ3) is 4.91. The van der Waals surface area contributed by atoms with Gasteiger partial charge in [-0.25, -0.2) is 8.42 Å². The van der Waals surface area contributed by atoms with Gasteiger partial charge in [0.25, 0.3) is 0 Å². The van der Waals surface area contributed by atoms with E-state index < -0.39 is 55.4 Å². The van der Waals surface area contributed by atoms with Crippen molar-refractivity contribution in [2.45, 2.75) is 38.1 Å². The fraction of sp³-hybridized carbons (Fsp3) is 0.263. The second-order valence-electron chi connectivity index (χ2n) is 6.58. The average molecular weight is 542 g/mol. The molecule has 3 rings (SSSR count). The fourth-order valence-electron chi connectivity index (χ4n) is 2.63. The van der Waals surface area contributed by atoms with Gasteiger partial charge in [0.2, 0.25) is 0 Å². The molecule has 0 N–H and O–H groups in total. The molecule has 0 aromatic heterocycles. The Morgan fingerprint density at radius 3 is 1.35 bits per heavy atom. The minimum absolute atomic E-state index is 0.00783. The van der Waals surface area contributed by atoms with E-state index >= 15 is 4.39 Å². The molecule has 0 saturated heterocycles. The number of alkyl halides is 10. The summed E-state index contributed by atoms with van der Waals surface area (Å²) < 4.78 is 158. The number of hydrogen-bond acceptors (Lipinski definition) is 3. The van der Waals surface area contributed by atoms with Gasteiger partial charge in [-0.15, -0.1) is 0 Å². The lowest BCUT2D eigenvalue weighted by Crippen LogP contribution is -2.67. The van der Waals surface area contributed by atoms with Gasteiger partial charge in [0.1, 0.15) is 10.9 Å². The molecule has 0 spiro atoms. The van der Waals surface area contributed by atoms with E-state index in [1.165, 1.54) is 48.5 Å². The summed E-state index contributed by atoms with van der Waals surface area (Å²) in [7, 11) is -8.36. The van der Waals surface area contributed by atoms with Crippen LogP contribution in [0, 0.1) is 0 Å². The fourth-order valence-corrected chi connectivity index (χ4v) is 5.04. The molecule has 0 radical (unpaired) electrons. The SMILES string of the molecule is FC1(F)C=CC(F)([S+](c2ccccc2)c2ccccc2)C(F)(F)C1(F)F.O=S(=O)([O-])C(F)(F)F. The van der Waals surface area contributed by atoms with E-state index in [4.69, 9.17) is 13.0 Å². The van der Waals surface area contributed by atoms with E-state index in [2.05, 4.69) is 0 Å². The maximum Gasteiger partial charge on any atom is 0.485 e. The first-order valence-corrected chi connectivity index (χ1v) is 11.3. The molecular formula is C19H12F10O3S2. The summed E-state index contributed by atoms with van der Waals surface area (Å²) in [5, 5.41) is -4.03. The standard InChI is InChI=1S/C18H12F7S.CHF3O3S/c19-15(20)11-12-16(21,18(24,25)17(15,22)23)26(13-7-3-1-4-8-13)14-9-5-2-6-10-14;2-1(3,4)8(5,6)7/h1-12H;(H,5,6,7)/q+1;/p-1. The molecule has 1 aliphatic carbocycles. The Kier molecular flexibility index (Phi) is 7.47. The second-order valence-corrected chi connectivity index (χ2v) is 10.1. The second kappa shape index (κ2) is 9.07. The summed E-state index contributed by atoms with van der Waals surface area (Å²) in [5.41, 5.74) is -5.65. The van der Waals surface area contributed by atoms with E-state index in [1.807, 2.05) is 0 Å². The van der Waals surface area contributed by atoms with Crippen LogP contribution in [0.4, 0.5) is 43.9 Å². The molecule has 188 valence electrons. The van der Waals surface area contributed by atoms with Crippen molar-refractivity contribution in [2.24, 2.45) is 0 Å². The van der Waals surface area contributed by atoms with Gasteiger partial charge >= 0.3 is 28.3 Å². The molecule has 1 aliphatic rings. The van der Waals surface area contributed by atoms with Crippen LogP contribution >= 0.6 is 0 Å². The molecule has 3 nitrogen and oxygen atoms in total. The number of allylic oxidation sites excluding steroid dienone is 1. The molecule has 34 heavy (non-hydrogen) atoms. The Hall–Kier alpha value is -2.26. The monoisotopic (exact) mass is 542 g/mol. The maximum absolute atomic E-state index is 15.6. The van der Waals surface area contributed by atoms with Crippen LogP contribution in [-0.2, 0) is 21.0 Å². The van der Waals surface area contributed by atoms with E-state index in [0.29, 0.717) is 0 Å². The quantitative estimate of drug-likeness (QED) is 0.159. The predicted molar refractivity (Wildman–Crippen MR) is 100 cm³/mol. The Morgan fingerprint density at radius 1 is 0.676 bits per heavy atom. The lowest BCUT2D eigenvalue weighted by molar-refractivity contribution is -0.317. The first kappa shape index (κ1) is 28.0. The largest absolute Gasteiger partial charge is 0.741 e. The summed E-state index contributed by atoms with van der Waals surface area (Å²) in [5.74, 6) is -16.7. The lowest BCUT2D eigenvalue weighted by atomic mass is 9.93. The van der Waals surface area contributed by atoms with Crippen LogP contribution in [0.5, 0.6) is 0 Å². The Labute approximate surface area is 189 Å². The summed E-state index contributed by atoms with van der Waals surface area (Å²) in [6, 6.07) is 14.0. The number of hydrogen-bond donors (Lipinski definition) is 0. The third-order valence-corrected chi connectivity index (χ3v) is 7.33. The van der Waals surface area contributed by atoms with Gasteiger partial charge in [0, 0.05) is 6.08 Å².